The summed E-state index contributed by atoms with van der Waals surface area (Å²) in [6.45, 7) is 6.53. The molecule has 0 aliphatic heterocycles. The Kier molecular flexibility index (Phi) is 5.01. The van der Waals surface area contributed by atoms with Gasteiger partial charge in [-0.05, 0) is 33.8 Å². The van der Waals surface area contributed by atoms with E-state index in [4.69, 9.17) is 0 Å². The van der Waals surface area contributed by atoms with Crippen LogP contribution >= 0.6 is 15.9 Å². The van der Waals surface area contributed by atoms with Gasteiger partial charge in [-0.3, -0.25) is 0 Å². The molecule has 0 aromatic carbocycles. The van der Waals surface area contributed by atoms with E-state index in [-0.39, 0.29) is 11.7 Å². The predicted octanol–water partition coefficient (Wildman–Crippen LogP) is 4.57. The van der Waals surface area contributed by atoms with Crippen molar-refractivity contribution >= 4 is 21.7 Å². The Hall–Kier alpha value is -0.780. The summed E-state index contributed by atoms with van der Waals surface area (Å²) in [5.74, 6) is 0.567. The van der Waals surface area contributed by atoms with Crippen molar-refractivity contribution < 1.29 is 13.2 Å². The van der Waals surface area contributed by atoms with Crippen molar-refractivity contribution in [3.8, 4) is 0 Å². The zero-order valence-corrected chi connectivity index (χ0v) is 12.1. The molecule has 0 spiro atoms. The van der Waals surface area contributed by atoms with Gasteiger partial charge >= 0.3 is 6.18 Å². The number of halogens is 4. The van der Waals surface area contributed by atoms with E-state index in [0.29, 0.717) is 16.9 Å². The summed E-state index contributed by atoms with van der Waals surface area (Å²) < 4.78 is 38.7. The lowest BCUT2D eigenvalue weighted by atomic mass is 9.98. The topological polar surface area (TPSA) is 24.9 Å². The first-order valence-electron chi connectivity index (χ1n) is 5.68. The van der Waals surface area contributed by atoms with Crippen LogP contribution in [0.25, 0.3) is 0 Å². The monoisotopic (exact) mass is 324 g/mol. The molecule has 0 aliphatic rings. The molecule has 0 fully saturated rings. The minimum atomic E-state index is -4.40. The van der Waals surface area contributed by atoms with E-state index in [0.717, 1.165) is 6.07 Å². The van der Waals surface area contributed by atoms with E-state index in [9.17, 15) is 13.2 Å². The van der Waals surface area contributed by atoms with Crippen LogP contribution in [0.1, 0.15) is 26.3 Å². The fraction of sp³-hybridized carbons (Fsp3) is 0.583. The number of hydrogen-bond donors (Lipinski definition) is 1. The van der Waals surface area contributed by atoms with Crippen LogP contribution in [0, 0.1) is 11.8 Å². The van der Waals surface area contributed by atoms with Crippen molar-refractivity contribution in [3.63, 3.8) is 0 Å². The molecule has 1 heterocycles. The zero-order chi connectivity index (χ0) is 13.9. The second-order valence-electron chi connectivity index (χ2n) is 4.65. The van der Waals surface area contributed by atoms with Crippen molar-refractivity contribution in [1.29, 1.82) is 0 Å². The van der Waals surface area contributed by atoms with Crippen molar-refractivity contribution in [2.24, 2.45) is 11.8 Å². The minimum absolute atomic E-state index is 0.113. The van der Waals surface area contributed by atoms with Gasteiger partial charge in [0.2, 0.25) is 0 Å². The Morgan fingerprint density at radius 2 is 1.94 bits per heavy atom. The zero-order valence-electron chi connectivity index (χ0n) is 10.5. The van der Waals surface area contributed by atoms with E-state index < -0.39 is 11.7 Å². The van der Waals surface area contributed by atoms with E-state index in [1.165, 1.54) is 6.20 Å². The van der Waals surface area contributed by atoms with Crippen molar-refractivity contribution in [1.82, 2.24) is 4.98 Å². The lowest BCUT2D eigenvalue weighted by molar-refractivity contribution is -0.137. The molecule has 1 aromatic rings. The van der Waals surface area contributed by atoms with Crippen LogP contribution < -0.4 is 5.32 Å². The molecule has 1 unspecified atom stereocenters. The minimum Gasteiger partial charge on any atom is -0.369 e. The summed E-state index contributed by atoms with van der Waals surface area (Å²) >= 11 is 3.00. The second-order valence-corrected chi connectivity index (χ2v) is 5.57. The van der Waals surface area contributed by atoms with E-state index in [1.54, 1.807) is 0 Å². The van der Waals surface area contributed by atoms with Crippen LogP contribution in [-0.4, -0.2) is 11.5 Å². The smallest absolute Gasteiger partial charge is 0.369 e. The van der Waals surface area contributed by atoms with Gasteiger partial charge in [0.15, 0.2) is 0 Å². The molecular weight excluding hydrogens is 309 g/mol. The summed E-state index contributed by atoms with van der Waals surface area (Å²) in [7, 11) is 0. The highest BCUT2D eigenvalue weighted by Gasteiger charge is 2.34. The molecule has 1 atom stereocenters. The fourth-order valence-corrected chi connectivity index (χ4v) is 1.62. The molecule has 1 aromatic heterocycles. The normalized spacial score (nSPS) is 13.8. The Labute approximate surface area is 113 Å². The molecule has 0 saturated heterocycles. The third kappa shape index (κ3) is 4.15. The second kappa shape index (κ2) is 5.91. The molecule has 1 N–H and O–H groups in total. The molecule has 0 saturated carbocycles. The number of hydrogen-bond acceptors (Lipinski definition) is 2. The molecular formula is C12H16BrF3N2. The van der Waals surface area contributed by atoms with Gasteiger partial charge in [-0.1, -0.05) is 20.8 Å². The van der Waals surface area contributed by atoms with Gasteiger partial charge in [0.25, 0.3) is 0 Å². The molecule has 0 bridgehead atoms. The number of anilines is 1. The molecule has 6 heteroatoms. The Morgan fingerprint density at radius 1 is 1.33 bits per heavy atom. The Morgan fingerprint density at radius 3 is 2.44 bits per heavy atom. The summed E-state index contributed by atoms with van der Waals surface area (Å²) in [5, 5.41) is 2.78. The highest BCUT2D eigenvalue weighted by atomic mass is 79.9. The van der Waals surface area contributed by atoms with Gasteiger partial charge in [0.1, 0.15) is 5.82 Å². The Bertz CT molecular complexity index is 405. The van der Waals surface area contributed by atoms with Crippen molar-refractivity contribution in [2.45, 2.75) is 26.9 Å². The first-order chi connectivity index (χ1) is 8.21. The van der Waals surface area contributed by atoms with Crippen molar-refractivity contribution in [3.05, 3.63) is 22.3 Å². The van der Waals surface area contributed by atoms with Crippen LogP contribution in [0.5, 0.6) is 0 Å². The van der Waals surface area contributed by atoms with Crippen LogP contribution in [0.15, 0.2) is 16.7 Å². The van der Waals surface area contributed by atoms with Crippen LogP contribution in [0.2, 0.25) is 0 Å². The molecule has 1 rings (SSSR count). The molecule has 2 nitrogen and oxygen atoms in total. The number of nitrogens with one attached hydrogen (secondary N) is 1. The summed E-state index contributed by atoms with van der Waals surface area (Å²) in [6, 6.07) is 1.04. The number of aromatic nitrogens is 1. The van der Waals surface area contributed by atoms with E-state index in [1.807, 2.05) is 20.8 Å². The summed E-state index contributed by atoms with van der Waals surface area (Å²) in [5.41, 5.74) is -0.743. The number of rotatable bonds is 4. The fourth-order valence-electron chi connectivity index (χ4n) is 1.29. The van der Waals surface area contributed by atoms with Crippen molar-refractivity contribution in [2.75, 3.05) is 11.9 Å². The van der Waals surface area contributed by atoms with E-state index >= 15 is 0 Å². The number of alkyl halides is 3. The van der Waals surface area contributed by atoms with Gasteiger partial charge in [0.05, 0.1) is 5.56 Å². The summed E-state index contributed by atoms with van der Waals surface area (Å²) in [6.07, 6.45) is -3.04. The van der Waals surface area contributed by atoms with Gasteiger partial charge < -0.3 is 5.32 Å². The summed E-state index contributed by atoms with van der Waals surface area (Å²) in [4.78, 5) is 3.80. The maximum Gasteiger partial charge on any atom is 0.419 e. The SMILES string of the molecule is CC(C)C(C)CNc1ncc(Br)cc1C(F)(F)F. The first-order valence-corrected chi connectivity index (χ1v) is 6.47. The van der Waals surface area contributed by atoms with Crippen LogP contribution in [0.4, 0.5) is 19.0 Å². The average molecular weight is 325 g/mol. The third-order valence-electron chi connectivity index (χ3n) is 2.89. The molecule has 0 amide bonds. The lowest BCUT2D eigenvalue weighted by Gasteiger charge is -2.19. The maximum absolute atomic E-state index is 12.8. The third-order valence-corrected chi connectivity index (χ3v) is 3.32. The predicted molar refractivity (Wildman–Crippen MR) is 69.4 cm³/mol. The Balaban J connectivity index is 2.89. The van der Waals surface area contributed by atoms with Crippen LogP contribution in [-0.2, 0) is 6.18 Å². The largest absolute Gasteiger partial charge is 0.419 e. The lowest BCUT2D eigenvalue weighted by Crippen LogP contribution is -2.19. The molecule has 0 aliphatic carbocycles. The number of pyridine rings is 1. The average Bonchev–Trinajstić information content (AvgIpc) is 2.25. The maximum atomic E-state index is 12.8. The highest BCUT2D eigenvalue weighted by Crippen LogP contribution is 2.35. The molecule has 0 radical (unpaired) electrons. The quantitative estimate of drug-likeness (QED) is 0.877. The molecule has 18 heavy (non-hydrogen) atoms. The van der Waals surface area contributed by atoms with E-state index in [2.05, 4.69) is 26.2 Å². The van der Waals surface area contributed by atoms with Crippen LogP contribution in [0.3, 0.4) is 0 Å². The number of nitrogens with zero attached hydrogens (tertiary/aromatic N) is 1. The highest BCUT2D eigenvalue weighted by molar-refractivity contribution is 9.10. The van der Waals surface area contributed by atoms with Gasteiger partial charge in [-0.15, -0.1) is 0 Å². The van der Waals surface area contributed by atoms with Gasteiger partial charge in [0, 0.05) is 17.2 Å². The van der Waals surface area contributed by atoms with Gasteiger partial charge in [-0.25, -0.2) is 4.98 Å². The molecule has 102 valence electrons. The first kappa shape index (κ1) is 15.3. The standard InChI is InChI=1S/C12H16BrF3N2/c1-7(2)8(3)5-17-11-10(12(14,15)16)4-9(13)6-18-11/h4,6-8H,5H2,1-3H3,(H,17,18). The van der Waals surface area contributed by atoms with Gasteiger partial charge in [-0.2, -0.15) is 13.2 Å².